The summed E-state index contributed by atoms with van der Waals surface area (Å²) < 4.78 is 0. The van der Waals surface area contributed by atoms with Crippen LogP contribution in [0.25, 0.3) is 0 Å². The maximum atomic E-state index is 5.95. The fraction of sp³-hybridized carbons (Fsp3) is 0.333. The maximum Gasteiger partial charge on any atom is 0.0406 e. The van der Waals surface area contributed by atoms with Gasteiger partial charge in [-0.25, -0.2) is 0 Å². The van der Waals surface area contributed by atoms with E-state index in [1.807, 2.05) is 12.1 Å². The van der Waals surface area contributed by atoms with E-state index in [-0.39, 0.29) is 0 Å². The lowest BCUT2D eigenvalue weighted by atomic mass is 9.89. The molecule has 2 atom stereocenters. The fourth-order valence-corrected chi connectivity index (χ4v) is 3.22. The molecule has 0 aromatic heterocycles. The van der Waals surface area contributed by atoms with Crippen LogP contribution in [-0.4, -0.2) is 12.6 Å². The van der Waals surface area contributed by atoms with Crippen LogP contribution in [-0.2, 0) is 12.8 Å². The van der Waals surface area contributed by atoms with E-state index in [0.29, 0.717) is 6.04 Å². The standard InChI is InChI=1S/C18H20ClN/c19-17-8-6-15(7-9-17)13-18-16(10-11-20-18)12-14-4-2-1-3-5-14/h1-9,16,18,20H,10-13H2. The fourth-order valence-electron chi connectivity index (χ4n) is 3.10. The summed E-state index contributed by atoms with van der Waals surface area (Å²) in [5, 5.41) is 4.47. The highest BCUT2D eigenvalue weighted by molar-refractivity contribution is 6.30. The summed E-state index contributed by atoms with van der Waals surface area (Å²) in [6.45, 7) is 1.13. The summed E-state index contributed by atoms with van der Waals surface area (Å²) >= 11 is 5.95. The van der Waals surface area contributed by atoms with Crippen molar-refractivity contribution >= 4 is 11.6 Å². The summed E-state index contributed by atoms with van der Waals surface area (Å²) in [6, 6.07) is 19.6. The molecule has 2 heteroatoms. The summed E-state index contributed by atoms with van der Waals surface area (Å²) in [6.07, 6.45) is 3.54. The van der Waals surface area contributed by atoms with Crippen LogP contribution in [0.3, 0.4) is 0 Å². The second-order valence-electron chi connectivity index (χ2n) is 5.63. The second-order valence-corrected chi connectivity index (χ2v) is 6.07. The monoisotopic (exact) mass is 285 g/mol. The highest BCUT2D eigenvalue weighted by Gasteiger charge is 2.26. The number of hydrogen-bond donors (Lipinski definition) is 1. The molecular weight excluding hydrogens is 266 g/mol. The molecule has 1 fully saturated rings. The zero-order valence-electron chi connectivity index (χ0n) is 11.6. The van der Waals surface area contributed by atoms with Crippen molar-refractivity contribution in [2.24, 2.45) is 5.92 Å². The molecule has 3 rings (SSSR count). The molecule has 2 unspecified atom stereocenters. The van der Waals surface area contributed by atoms with Gasteiger partial charge in [0, 0.05) is 11.1 Å². The molecule has 0 spiro atoms. The molecule has 1 nitrogen and oxygen atoms in total. The second kappa shape index (κ2) is 6.43. The van der Waals surface area contributed by atoms with Gasteiger partial charge in [-0.05, 0) is 55.0 Å². The van der Waals surface area contributed by atoms with Crippen LogP contribution in [0.5, 0.6) is 0 Å². The minimum absolute atomic E-state index is 0.580. The Balaban J connectivity index is 1.65. The number of halogens is 1. The van der Waals surface area contributed by atoms with Gasteiger partial charge in [0.05, 0.1) is 0 Å². The van der Waals surface area contributed by atoms with Gasteiger partial charge in [-0.15, -0.1) is 0 Å². The lowest BCUT2D eigenvalue weighted by Crippen LogP contribution is -2.30. The number of rotatable bonds is 4. The van der Waals surface area contributed by atoms with Crippen LogP contribution >= 0.6 is 11.6 Å². The molecule has 104 valence electrons. The van der Waals surface area contributed by atoms with E-state index in [4.69, 9.17) is 11.6 Å². The van der Waals surface area contributed by atoms with Crippen molar-refractivity contribution in [2.45, 2.75) is 25.3 Å². The third kappa shape index (κ3) is 3.41. The van der Waals surface area contributed by atoms with Gasteiger partial charge in [0.1, 0.15) is 0 Å². The van der Waals surface area contributed by atoms with Gasteiger partial charge in [-0.1, -0.05) is 54.1 Å². The molecule has 1 aliphatic rings. The van der Waals surface area contributed by atoms with E-state index in [1.54, 1.807) is 0 Å². The molecule has 0 bridgehead atoms. The molecule has 1 heterocycles. The Labute approximate surface area is 126 Å². The molecule has 2 aromatic rings. The van der Waals surface area contributed by atoms with Crippen molar-refractivity contribution in [1.29, 1.82) is 0 Å². The van der Waals surface area contributed by atoms with E-state index in [0.717, 1.165) is 23.9 Å². The van der Waals surface area contributed by atoms with Gasteiger partial charge in [0.15, 0.2) is 0 Å². The van der Waals surface area contributed by atoms with Crippen LogP contribution in [0.2, 0.25) is 5.02 Å². The zero-order chi connectivity index (χ0) is 13.8. The molecule has 1 N–H and O–H groups in total. The van der Waals surface area contributed by atoms with E-state index >= 15 is 0 Å². The first-order chi connectivity index (χ1) is 9.81. The average molecular weight is 286 g/mol. The predicted octanol–water partition coefficient (Wildman–Crippen LogP) is 4.10. The van der Waals surface area contributed by atoms with Crippen molar-refractivity contribution < 1.29 is 0 Å². The third-order valence-corrected chi connectivity index (χ3v) is 4.45. The molecular formula is C18H20ClN. The first-order valence-corrected chi connectivity index (χ1v) is 7.71. The Bertz CT molecular complexity index is 535. The van der Waals surface area contributed by atoms with Crippen LogP contribution in [0.1, 0.15) is 17.5 Å². The van der Waals surface area contributed by atoms with E-state index in [9.17, 15) is 0 Å². The summed E-state index contributed by atoms with van der Waals surface area (Å²) in [5.74, 6) is 0.730. The van der Waals surface area contributed by atoms with Crippen LogP contribution in [0, 0.1) is 5.92 Å². The van der Waals surface area contributed by atoms with Gasteiger partial charge < -0.3 is 5.32 Å². The van der Waals surface area contributed by atoms with Crippen molar-refractivity contribution in [1.82, 2.24) is 5.32 Å². The minimum Gasteiger partial charge on any atom is -0.313 e. The number of benzene rings is 2. The Morgan fingerprint density at radius 3 is 2.35 bits per heavy atom. The smallest absolute Gasteiger partial charge is 0.0406 e. The van der Waals surface area contributed by atoms with Crippen molar-refractivity contribution in [3.05, 3.63) is 70.7 Å². The summed E-state index contributed by atoms with van der Waals surface area (Å²) in [4.78, 5) is 0. The van der Waals surface area contributed by atoms with Gasteiger partial charge in [-0.2, -0.15) is 0 Å². The van der Waals surface area contributed by atoms with Gasteiger partial charge in [-0.3, -0.25) is 0 Å². The Morgan fingerprint density at radius 2 is 1.60 bits per heavy atom. The lowest BCUT2D eigenvalue weighted by Gasteiger charge is -2.20. The van der Waals surface area contributed by atoms with Crippen LogP contribution in [0.15, 0.2) is 54.6 Å². The minimum atomic E-state index is 0.580. The Hall–Kier alpha value is -1.31. The van der Waals surface area contributed by atoms with Crippen molar-refractivity contribution in [3.63, 3.8) is 0 Å². The quantitative estimate of drug-likeness (QED) is 0.892. The molecule has 0 radical (unpaired) electrons. The lowest BCUT2D eigenvalue weighted by molar-refractivity contribution is 0.442. The normalized spacial score (nSPS) is 22.1. The molecule has 1 aliphatic heterocycles. The Morgan fingerprint density at radius 1 is 0.900 bits per heavy atom. The number of nitrogens with one attached hydrogen (secondary N) is 1. The molecule has 20 heavy (non-hydrogen) atoms. The van der Waals surface area contributed by atoms with E-state index in [1.165, 1.54) is 24.0 Å². The molecule has 2 aromatic carbocycles. The largest absolute Gasteiger partial charge is 0.313 e. The molecule has 0 amide bonds. The van der Waals surface area contributed by atoms with Gasteiger partial charge in [0.25, 0.3) is 0 Å². The van der Waals surface area contributed by atoms with Crippen LogP contribution < -0.4 is 5.32 Å². The first-order valence-electron chi connectivity index (χ1n) is 7.33. The van der Waals surface area contributed by atoms with E-state index in [2.05, 4.69) is 47.8 Å². The van der Waals surface area contributed by atoms with Crippen molar-refractivity contribution in [2.75, 3.05) is 6.54 Å². The molecule has 0 aliphatic carbocycles. The van der Waals surface area contributed by atoms with E-state index < -0.39 is 0 Å². The SMILES string of the molecule is Clc1ccc(CC2NCCC2Cc2ccccc2)cc1. The number of hydrogen-bond acceptors (Lipinski definition) is 1. The highest BCUT2D eigenvalue weighted by atomic mass is 35.5. The van der Waals surface area contributed by atoms with Gasteiger partial charge in [0.2, 0.25) is 0 Å². The Kier molecular flexibility index (Phi) is 4.39. The summed E-state index contributed by atoms with van der Waals surface area (Å²) in [5.41, 5.74) is 2.81. The first kappa shape index (κ1) is 13.7. The third-order valence-electron chi connectivity index (χ3n) is 4.20. The van der Waals surface area contributed by atoms with Crippen molar-refractivity contribution in [3.8, 4) is 0 Å². The predicted molar refractivity (Wildman–Crippen MR) is 85.2 cm³/mol. The summed E-state index contributed by atoms with van der Waals surface area (Å²) in [7, 11) is 0. The molecule has 1 saturated heterocycles. The molecule has 0 saturated carbocycles. The maximum absolute atomic E-state index is 5.95. The van der Waals surface area contributed by atoms with Crippen LogP contribution in [0.4, 0.5) is 0 Å². The topological polar surface area (TPSA) is 12.0 Å². The average Bonchev–Trinajstić information content (AvgIpc) is 2.90. The van der Waals surface area contributed by atoms with Gasteiger partial charge >= 0.3 is 0 Å². The highest BCUT2D eigenvalue weighted by Crippen LogP contribution is 2.24. The zero-order valence-corrected chi connectivity index (χ0v) is 12.3.